The van der Waals surface area contributed by atoms with Gasteiger partial charge < -0.3 is 9.84 Å². The minimum atomic E-state index is -0.342. The summed E-state index contributed by atoms with van der Waals surface area (Å²) in [7, 11) is 0. The second-order valence-corrected chi connectivity index (χ2v) is 5.42. The van der Waals surface area contributed by atoms with Crippen molar-refractivity contribution in [1.29, 1.82) is 0 Å². The molecule has 0 unspecified atom stereocenters. The number of halogens is 1. The minimum absolute atomic E-state index is 0.0163. The van der Waals surface area contributed by atoms with E-state index in [2.05, 4.69) is 10.5 Å². The number of hydrogen-bond donors (Lipinski definition) is 1. The van der Waals surface area contributed by atoms with Crippen LogP contribution in [0.3, 0.4) is 0 Å². The van der Waals surface area contributed by atoms with Crippen LogP contribution in [0.4, 0.5) is 4.39 Å². The molecule has 1 aromatic carbocycles. The summed E-state index contributed by atoms with van der Waals surface area (Å²) in [6.45, 7) is 0.767. The molecule has 0 atom stereocenters. The summed E-state index contributed by atoms with van der Waals surface area (Å²) in [5.41, 5.74) is 1.63. The number of nitrogens with zero attached hydrogens (tertiary/aromatic N) is 1. The molecule has 0 aliphatic heterocycles. The van der Waals surface area contributed by atoms with E-state index in [9.17, 15) is 9.18 Å². The molecular formula is C16H17FN2O2. The van der Waals surface area contributed by atoms with E-state index >= 15 is 0 Å². The van der Waals surface area contributed by atoms with Gasteiger partial charge in [-0.3, -0.25) is 4.79 Å². The lowest BCUT2D eigenvalue weighted by atomic mass is 10.0. The second kappa shape index (κ2) is 6.08. The summed E-state index contributed by atoms with van der Waals surface area (Å²) >= 11 is 0. The smallest absolute Gasteiger partial charge is 0.220 e. The van der Waals surface area contributed by atoms with Crippen LogP contribution in [0.1, 0.15) is 24.8 Å². The molecule has 21 heavy (non-hydrogen) atoms. The number of aromatic nitrogens is 1. The van der Waals surface area contributed by atoms with Crippen LogP contribution < -0.4 is 5.32 Å². The van der Waals surface area contributed by atoms with Gasteiger partial charge in [-0.05, 0) is 37.3 Å². The second-order valence-electron chi connectivity index (χ2n) is 5.42. The monoisotopic (exact) mass is 288 g/mol. The van der Waals surface area contributed by atoms with Crippen molar-refractivity contribution in [3.8, 4) is 11.3 Å². The summed E-state index contributed by atoms with van der Waals surface area (Å²) in [5, 5.41) is 6.78. The summed E-state index contributed by atoms with van der Waals surface area (Å²) in [6.07, 6.45) is 4.75. The van der Waals surface area contributed by atoms with Crippen LogP contribution in [0.2, 0.25) is 0 Å². The van der Waals surface area contributed by atoms with Crippen molar-refractivity contribution in [2.75, 3.05) is 6.54 Å². The highest BCUT2D eigenvalue weighted by atomic mass is 19.1. The summed E-state index contributed by atoms with van der Waals surface area (Å²) in [5.74, 6) is 0.340. The van der Waals surface area contributed by atoms with Gasteiger partial charge in [-0.25, -0.2) is 4.39 Å². The maximum absolute atomic E-state index is 13.8. The predicted octanol–water partition coefficient (Wildman–Crippen LogP) is 2.94. The average molecular weight is 288 g/mol. The Bertz CT molecular complexity index is 635. The molecule has 3 rings (SSSR count). The Hall–Kier alpha value is -2.17. The van der Waals surface area contributed by atoms with Crippen LogP contribution in [-0.4, -0.2) is 17.6 Å². The Morgan fingerprint density at radius 1 is 1.38 bits per heavy atom. The van der Waals surface area contributed by atoms with Crippen LogP contribution in [0.5, 0.6) is 0 Å². The number of aryl methyl sites for hydroxylation is 1. The van der Waals surface area contributed by atoms with E-state index in [1.807, 2.05) is 0 Å². The lowest BCUT2D eigenvalue weighted by molar-refractivity contribution is -0.121. The zero-order chi connectivity index (χ0) is 14.7. The normalized spacial score (nSPS) is 14.1. The first-order chi connectivity index (χ1) is 10.2. The van der Waals surface area contributed by atoms with Crippen molar-refractivity contribution >= 4 is 5.91 Å². The fourth-order valence-corrected chi connectivity index (χ4v) is 2.23. The van der Waals surface area contributed by atoms with E-state index in [0.717, 1.165) is 12.1 Å². The average Bonchev–Trinajstić information content (AvgIpc) is 3.21. The Kier molecular flexibility index (Phi) is 3.99. The van der Waals surface area contributed by atoms with E-state index in [1.165, 1.54) is 25.2 Å². The number of carbonyl (C=O) groups excluding carboxylic acids is 1. The maximum atomic E-state index is 13.8. The third kappa shape index (κ3) is 3.48. The molecule has 0 saturated heterocycles. The third-order valence-electron chi connectivity index (χ3n) is 3.68. The Morgan fingerprint density at radius 2 is 2.19 bits per heavy atom. The van der Waals surface area contributed by atoms with Gasteiger partial charge in [0.15, 0.2) is 0 Å². The van der Waals surface area contributed by atoms with Crippen LogP contribution in [0.25, 0.3) is 11.3 Å². The predicted molar refractivity (Wildman–Crippen MR) is 76.0 cm³/mol. The Labute approximate surface area is 122 Å². The number of hydrogen-bond acceptors (Lipinski definition) is 3. The number of benzene rings is 1. The third-order valence-corrected chi connectivity index (χ3v) is 3.68. The Morgan fingerprint density at radius 3 is 2.95 bits per heavy atom. The van der Waals surface area contributed by atoms with Crippen molar-refractivity contribution in [1.82, 2.24) is 10.5 Å². The van der Waals surface area contributed by atoms with Crippen LogP contribution >= 0.6 is 0 Å². The first-order valence-electron chi connectivity index (χ1n) is 7.19. The molecule has 1 heterocycles. The van der Waals surface area contributed by atoms with Crippen molar-refractivity contribution in [2.24, 2.45) is 5.92 Å². The summed E-state index contributed by atoms with van der Waals surface area (Å²) < 4.78 is 18.7. The molecule has 5 heteroatoms. The molecule has 2 aromatic rings. The number of amides is 1. The largest absolute Gasteiger partial charge is 0.364 e. The van der Waals surface area contributed by atoms with Crippen LogP contribution in [0.15, 0.2) is 35.1 Å². The molecule has 0 radical (unpaired) electrons. The fraction of sp³-hybridized carbons (Fsp3) is 0.375. The topological polar surface area (TPSA) is 55.1 Å². The molecule has 1 fully saturated rings. The number of nitrogens with one attached hydrogen (secondary N) is 1. The van der Waals surface area contributed by atoms with Crippen LogP contribution in [-0.2, 0) is 11.2 Å². The van der Waals surface area contributed by atoms with Gasteiger partial charge in [-0.2, -0.15) is 0 Å². The molecule has 1 aliphatic rings. The number of rotatable bonds is 6. The first-order valence-corrected chi connectivity index (χ1v) is 7.19. The maximum Gasteiger partial charge on any atom is 0.220 e. The molecule has 110 valence electrons. The quantitative estimate of drug-likeness (QED) is 0.889. The number of carbonyl (C=O) groups is 1. The van der Waals surface area contributed by atoms with E-state index < -0.39 is 0 Å². The van der Waals surface area contributed by atoms with Gasteiger partial charge in [0, 0.05) is 24.1 Å². The SMILES string of the molecule is O=C(CCc1conc1-c1ccccc1F)NCC1CC1. The van der Waals surface area contributed by atoms with E-state index in [4.69, 9.17) is 4.52 Å². The van der Waals surface area contributed by atoms with E-state index in [0.29, 0.717) is 30.0 Å². The molecule has 1 aliphatic carbocycles. The van der Waals surface area contributed by atoms with Gasteiger partial charge in [0.25, 0.3) is 0 Å². The van der Waals surface area contributed by atoms with Crippen molar-refractivity contribution in [2.45, 2.75) is 25.7 Å². The van der Waals surface area contributed by atoms with Gasteiger partial charge in [-0.1, -0.05) is 17.3 Å². The molecule has 4 nitrogen and oxygen atoms in total. The molecular weight excluding hydrogens is 271 g/mol. The van der Waals surface area contributed by atoms with Gasteiger partial charge in [0.05, 0.1) is 0 Å². The molecule has 0 bridgehead atoms. The van der Waals surface area contributed by atoms with Crippen molar-refractivity contribution < 1.29 is 13.7 Å². The van der Waals surface area contributed by atoms with E-state index in [1.54, 1.807) is 18.2 Å². The van der Waals surface area contributed by atoms with Crippen molar-refractivity contribution in [3.05, 3.63) is 41.9 Å². The highest BCUT2D eigenvalue weighted by Gasteiger charge is 2.21. The zero-order valence-electron chi connectivity index (χ0n) is 11.6. The van der Waals surface area contributed by atoms with Gasteiger partial charge in [0.1, 0.15) is 17.8 Å². The van der Waals surface area contributed by atoms with Crippen molar-refractivity contribution in [3.63, 3.8) is 0 Å². The fourth-order valence-electron chi connectivity index (χ4n) is 2.23. The van der Waals surface area contributed by atoms with Gasteiger partial charge in [-0.15, -0.1) is 0 Å². The standard InChI is InChI=1S/C16H17FN2O2/c17-14-4-2-1-3-13(14)16-12(10-21-19-16)7-8-15(20)18-9-11-5-6-11/h1-4,10-11H,5-9H2,(H,18,20). The first kappa shape index (κ1) is 13.8. The zero-order valence-corrected chi connectivity index (χ0v) is 11.6. The molecule has 1 amide bonds. The molecule has 1 N–H and O–H groups in total. The minimum Gasteiger partial charge on any atom is -0.364 e. The highest BCUT2D eigenvalue weighted by molar-refractivity contribution is 5.76. The van der Waals surface area contributed by atoms with Gasteiger partial charge in [0.2, 0.25) is 5.91 Å². The van der Waals surface area contributed by atoms with Crippen LogP contribution in [0, 0.1) is 11.7 Å². The Balaban J connectivity index is 1.62. The molecule has 1 saturated carbocycles. The van der Waals surface area contributed by atoms with E-state index in [-0.39, 0.29) is 11.7 Å². The molecule has 1 aromatic heterocycles. The highest BCUT2D eigenvalue weighted by Crippen LogP contribution is 2.28. The van der Waals surface area contributed by atoms with Gasteiger partial charge >= 0.3 is 0 Å². The lowest BCUT2D eigenvalue weighted by Crippen LogP contribution is -2.25. The summed E-state index contributed by atoms with van der Waals surface area (Å²) in [4.78, 5) is 11.7. The lowest BCUT2D eigenvalue weighted by Gasteiger charge is -2.04. The molecule has 0 spiro atoms. The summed E-state index contributed by atoms with van der Waals surface area (Å²) in [6, 6.07) is 6.42.